The van der Waals surface area contributed by atoms with Crippen LogP contribution in [-0.2, 0) is 4.43 Å². The van der Waals surface area contributed by atoms with Crippen molar-refractivity contribution >= 4 is 8.32 Å². The van der Waals surface area contributed by atoms with Gasteiger partial charge in [-0.2, -0.15) is 74.6 Å². The molecule has 0 heterocycles. The molecule has 0 radical (unpaired) electrons. The molecule has 0 fully saturated rings. The first-order valence-electron chi connectivity index (χ1n) is 8.28. The van der Waals surface area contributed by atoms with Crippen LogP contribution in [0.4, 0.5) is 74.6 Å². The van der Waals surface area contributed by atoms with Gasteiger partial charge in [0.2, 0.25) is 0 Å². The largest absolute Gasteiger partial charge is 0.460 e. The Labute approximate surface area is 175 Å². The molecule has 0 aromatic heterocycles. The van der Waals surface area contributed by atoms with E-state index in [1.165, 1.54) is 13.1 Å². The molecule has 0 atom stereocenters. The van der Waals surface area contributed by atoms with Crippen molar-refractivity contribution in [2.45, 2.75) is 79.6 Å². The zero-order chi connectivity index (χ0) is 27.3. The topological polar surface area (TPSA) is 9.23 Å². The number of alkyl halides is 17. The minimum absolute atomic E-state index is 0.497. The van der Waals surface area contributed by atoms with Gasteiger partial charge in [0.25, 0.3) is 0 Å². The molecular formula is C14H15F17OSi. The highest BCUT2D eigenvalue weighted by Crippen LogP contribution is 2.64. The molecule has 0 unspecified atom stereocenters. The first kappa shape index (κ1) is 32.0. The summed E-state index contributed by atoms with van der Waals surface area (Å²) in [4.78, 5) is 0. The third-order valence-electron chi connectivity index (χ3n) is 4.61. The number of hydrogen-bond donors (Lipinski definition) is 0. The van der Waals surface area contributed by atoms with Crippen molar-refractivity contribution in [2.24, 2.45) is 0 Å². The zero-order valence-corrected chi connectivity index (χ0v) is 17.5. The van der Waals surface area contributed by atoms with Crippen LogP contribution in [0, 0.1) is 0 Å². The summed E-state index contributed by atoms with van der Waals surface area (Å²) < 4.78 is 228. The van der Waals surface area contributed by atoms with Crippen LogP contribution in [0.2, 0.25) is 19.1 Å². The lowest BCUT2D eigenvalue weighted by Gasteiger charge is -2.42. The van der Waals surface area contributed by atoms with E-state index in [1.807, 2.05) is 0 Å². The van der Waals surface area contributed by atoms with E-state index in [-0.39, 0.29) is 0 Å². The molecule has 0 bridgehead atoms. The van der Waals surface area contributed by atoms with Gasteiger partial charge in [-0.25, -0.2) is 0 Å². The summed E-state index contributed by atoms with van der Waals surface area (Å²) in [5.74, 6) is -55.9. The van der Waals surface area contributed by atoms with E-state index >= 15 is 0 Å². The van der Waals surface area contributed by atoms with E-state index in [0.29, 0.717) is 0 Å². The van der Waals surface area contributed by atoms with E-state index in [9.17, 15) is 74.6 Å². The quantitative estimate of drug-likeness (QED) is 0.190. The fraction of sp³-hybridized carbons (Fsp3) is 1.00. The predicted molar refractivity (Wildman–Crippen MR) is 79.2 cm³/mol. The fourth-order valence-corrected chi connectivity index (χ4v) is 3.42. The van der Waals surface area contributed by atoms with Gasteiger partial charge in [-0.15, -0.1) is 0 Å². The summed E-state index contributed by atoms with van der Waals surface area (Å²) in [6.45, 7) is 2.60. The summed E-state index contributed by atoms with van der Waals surface area (Å²) in [6.07, 6.45) is -11.3. The SMILES string of the molecule is CO[Si](C)(C)CCCC(F)(F)C(F)(F)C(F)(F)C(F)(F)C(F)(F)C(F)(F)C(F)(F)C(F)(F)F. The Kier molecular flexibility index (Phi) is 8.32. The maximum atomic E-state index is 13.7. The van der Waals surface area contributed by atoms with E-state index in [2.05, 4.69) is 0 Å². The highest BCUT2D eigenvalue weighted by atomic mass is 28.4. The molecule has 0 saturated heterocycles. The Bertz CT molecular complexity index is 682. The van der Waals surface area contributed by atoms with Gasteiger partial charge in [0.1, 0.15) is 0 Å². The van der Waals surface area contributed by atoms with Crippen LogP contribution in [0.3, 0.4) is 0 Å². The summed E-state index contributed by atoms with van der Waals surface area (Å²) in [5.41, 5.74) is 0. The average Bonchev–Trinajstić information content (AvgIpc) is 2.59. The van der Waals surface area contributed by atoms with Gasteiger partial charge in [0, 0.05) is 13.5 Å². The third-order valence-corrected chi connectivity index (χ3v) is 7.27. The molecule has 0 saturated carbocycles. The van der Waals surface area contributed by atoms with Crippen molar-refractivity contribution in [3.63, 3.8) is 0 Å². The second-order valence-corrected chi connectivity index (χ2v) is 11.9. The Morgan fingerprint density at radius 2 is 0.818 bits per heavy atom. The van der Waals surface area contributed by atoms with Gasteiger partial charge < -0.3 is 4.43 Å². The van der Waals surface area contributed by atoms with Crippen molar-refractivity contribution in [2.75, 3.05) is 7.11 Å². The smallest absolute Gasteiger partial charge is 0.420 e. The second kappa shape index (κ2) is 8.58. The molecule has 19 heteroatoms. The summed E-state index contributed by atoms with van der Waals surface area (Å²) in [7, 11) is -1.79. The highest BCUT2D eigenvalue weighted by molar-refractivity contribution is 6.71. The summed E-state index contributed by atoms with van der Waals surface area (Å²) >= 11 is 0. The number of halogens is 17. The second-order valence-electron chi connectivity index (χ2n) is 7.47. The molecule has 1 nitrogen and oxygen atoms in total. The van der Waals surface area contributed by atoms with Gasteiger partial charge in [-0.05, 0) is 25.6 Å². The van der Waals surface area contributed by atoms with Gasteiger partial charge in [-0.1, -0.05) is 0 Å². The highest BCUT2D eigenvalue weighted by Gasteiger charge is 2.95. The molecular weight excluding hydrogens is 535 g/mol. The van der Waals surface area contributed by atoms with Crippen LogP contribution in [0.1, 0.15) is 12.8 Å². The summed E-state index contributed by atoms with van der Waals surface area (Å²) in [5, 5.41) is 0. The van der Waals surface area contributed by atoms with Gasteiger partial charge in [-0.3, -0.25) is 0 Å². The molecule has 0 rings (SSSR count). The minimum atomic E-state index is -8.59. The first-order valence-corrected chi connectivity index (χ1v) is 11.4. The lowest BCUT2D eigenvalue weighted by molar-refractivity contribution is -0.461. The predicted octanol–water partition coefficient (Wildman–Crippen LogP) is 7.63. The molecule has 33 heavy (non-hydrogen) atoms. The van der Waals surface area contributed by atoms with Crippen molar-refractivity contribution < 1.29 is 79.1 Å². The molecule has 0 aromatic carbocycles. The van der Waals surface area contributed by atoms with E-state index in [0.717, 1.165) is 7.11 Å². The molecule has 0 aromatic rings. The molecule has 0 spiro atoms. The van der Waals surface area contributed by atoms with Crippen LogP contribution < -0.4 is 0 Å². The third kappa shape index (κ3) is 4.89. The lowest BCUT2D eigenvalue weighted by Crippen LogP contribution is -2.74. The monoisotopic (exact) mass is 550 g/mol. The Morgan fingerprint density at radius 1 is 0.515 bits per heavy atom. The van der Waals surface area contributed by atoms with Crippen molar-refractivity contribution in [1.82, 2.24) is 0 Å². The van der Waals surface area contributed by atoms with Gasteiger partial charge in [0.15, 0.2) is 8.32 Å². The van der Waals surface area contributed by atoms with Crippen molar-refractivity contribution in [3.05, 3.63) is 0 Å². The van der Waals surface area contributed by atoms with Gasteiger partial charge in [0.05, 0.1) is 0 Å². The maximum Gasteiger partial charge on any atom is 0.460 e. The minimum Gasteiger partial charge on any atom is -0.420 e. The number of rotatable bonds is 11. The summed E-state index contributed by atoms with van der Waals surface area (Å²) in [6, 6.07) is -0.497. The average molecular weight is 550 g/mol. The van der Waals surface area contributed by atoms with Crippen molar-refractivity contribution in [3.8, 4) is 0 Å². The van der Waals surface area contributed by atoms with Crippen LogP contribution in [0.5, 0.6) is 0 Å². The Balaban J connectivity index is 6.37. The van der Waals surface area contributed by atoms with E-state index in [4.69, 9.17) is 4.43 Å². The fourth-order valence-electron chi connectivity index (χ4n) is 2.19. The van der Waals surface area contributed by atoms with Crippen LogP contribution in [0.25, 0.3) is 0 Å². The van der Waals surface area contributed by atoms with Crippen LogP contribution in [0.15, 0.2) is 0 Å². The van der Waals surface area contributed by atoms with Crippen LogP contribution >= 0.6 is 0 Å². The van der Waals surface area contributed by atoms with Crippen molar-refractivity contribution in [1.29, 1.82) is 0 Å². The zero-order valence-electron chi connectivity index (χ0n) is 16.5. The molecule has 0 amide bonds. The number of hydrogen-bond acceptors (Lipinski definition) is 1. The van der Waals surface area contributed by atoms with Crippen LogP contribution in [-0.4, -0.2) is 63.1 Å². The molecule has 0 N–H and O–H groups in total. The van der Waals surface area contributed by atoms with E-state index in [1.54, 1.807) is 0 Å². The first-order chi connectivity index (χ1) is 14.0. The normalized spacial score (nSPS) is 16.4. The maximum absolute atomic E-state index is 13.7. The van der Waals surface area contributed by atoms with Gasteiger partial charge >= 0.3 is 47.6 Å². The Hall–Kier alpha value is -1.01. The van der Waals surface area contributed by atoms with E-state index < -0.39 is 74.8 Å². The molecule has 0 aliphatic heterocycles. The standard InChI is InChI=1S/C14H15F17OSi/c1-32-33(2,3)6-4-5-7(15,16)8(17,18)9(19,20)10(21,22)11(23,24)12(25,26)13(27,28)14(29,30)31/h4-6H2,1-3H3. The molecule has 200 valence electrons. The lowest BCUT2D eigenvalue weighted by atomic mass is 9.88. The Morgan fingerprint density at radius 3 is 1.12 bits per heavy atom. The molecule has 0 aliphatic carbocycles. The molecule has 0 aliphatic rings.